The number of amides is 1. The van der Waals surface area contributed by atoms with Crippen LogP contribution in [0, 0.1) is 12.0 Å². The molecule has 1 atom stereocenters. The van der Waals surface area contributed by atoms with Crippen LogP contribution in [0.3, 0.4) is 0 Å². The average molecular weight is 267 g/mol. The van der Waals surface area contributed by atoms with Crippen LogP contribution in [0.4, 0.5) is 5.69 Å². The molecule has 0 aliphatic rings. The molecule has 3 heteroatoms. The van der Waals surface area contributed by atoms with Crippen LogP contribution in [-0.4, -0.2) is 5.91 Å². The van der Waals surface area contributed by atoms with E-state index in [1.165, 1.54) is 12.8 Å². The molecule has 2 nitrogen and oxygen atoms in total. The Morgan fingerprint density at radius 1 is 1.44 bits per heavy atom. The quantitative estimate of drug-likeness (QED) is 0.762. The van der Waals surface area contributed by atoms with E-state index < -0.39 is 0 Å². The number of benzene rings is 1. The summed E-state index contributed by atoms with van der Waals surface area (Å²) in [6.45, 7) is 4.32. The molecule has 99 valence electrons. The number of rotatable bonds is 7. The lowest BCUT2D eigenvalue weighted by Crippen LogP contribution is -2.16. The number of nitrogens with one attached hydrogen (secondary N) is 1. The van der Waals surface area contributed by atoms with Gasteiger partial charge in [0.1, 0.15) is 0 Å². The Hall–Kier alpha value is -1.02. The van der Waals surface area contributed by atoms with Gasteiger partial charge in [-0.3, -0.25) is 4.79 Å². The van der Waals surface area contributed by atoms with Crippen LogP contribution >= 0.6 is 11.6 Å². The summed E-state index contributed by atoms with van der Waals surface area (Å²) in [4.78, 5) is 11.9. The Morgan fingerprint density at radius 3 is 2.78 bits per heavy atom. The molecular weight excluding hydrogens is 246 g/mol. The summed E-state index contributed by atoms with van der Waals surface area (Å²) < 4.78 is 0. The summed E-state index contributed by atoms with van der Waals surface area (Å²) in [6.07, 6.45) is 5.16. The van der Waals surface area contributed by atoms with Crippen molar-refractivity contribution in [1.82, 2.24) is 0 Å². The van der Waals surface area contributed by atoms with Crippen LogP contribution in [-0.2, 0) is 4.79 Å². The minimum absolute atomic E-state index is 0.0775. The van der Waals surface area contributed by atoms with Crippen molar-refractivity contribution < 1.29 is 4.79 Å². The van der Waals surface area contributed by atoms with Gasteiger partial charge in [0, 0.05) is 23.2 Å². The zero-order valence-electron chi connectivity index (χ0n) is 11.1. The lowest BCUT2D eigenvalue weighted by molar-refractivity contribution is -0.117. The first-order valence-electron chi connectivity index (χ1n) is 6.62. The Kier molecular flexibility index (Phi) is 6.81. The van der Waals surface area contributed by atoms with E-state index in [9.17, 15) is 4.79 Å². The highest BCUT2D eigenvalue weighted by Crippen LogP contribution is 2.18. The van der Waals surface area contributed by atoms with Gasteiger partial charge in [0.2, 0.25) is 5.91 Å². The third-order valence-electron chi connectivity index (χ3n) is 3.08. The molecule has 0 aliphatic heterocycles. The Labute approximate surface area is 115 Å². The maximum absolute atomic E-state index is 11.9. The molecule has 1 unspecified atom stereocenters. The lowest BCUT2D eigenvalue weighted by atomic mass is 9.95. The fourth-order valence-corrected chi connectivity index (χ4v) is 2.02. The van der Waals surface area contributed by atoms with Crippen LogP contribution in [0.25, 0.3) is 0 Å². The molecule has 1 amide bonds. The fourth-order valence-electron chi connectivity index (χ4n) is 1.90. The summed E-state index contributed by atoms with van der Waals surface area (Å²) in [7, 11) is 0. The molecular formula is C15H21ClNO. The second kappa shape index (κ2) is 8.15. The van der Waals surface area contributed by atoms with Gasteiger partial charge in [-0.2, -0.15) is 0 Å². The Morgan fingerprint density at radius 2 is 2.22 bits per heavy atom. The number of hydrogen-bond acceptors (Lipinski definition) is 1. The smallest absolute Gasteiger partial charge is 0.224 e. The number of halogens is 1. The molecule has 0 fully saturated rings. The lowest BCUT2D eigenvalue weighted by Gasteiger charge is -2.14. The van der Waals surface area contributed by atoms with E-state index in [1.54, 1.807) is 18.2 Å². The summed E-state index contributed by atoms with van der Waals surface area (Å²) in [6, 6.07) is 8.08. The van der Waals surface area contributed by atoms with Gasteiger partial charge in [-0.05, 0) is 30.5 Å². The predicted molar refractivity (Wildman–Crippen MR) is 76.8 cm³/mol. The first-order valence-corrected chi connectivity index (χ1v) is 7.00. The van der Waals surface area contributed by atoms with Gasteiger partial charge < -0.3 is 5.32 Å². The molecule has 1 aromatic carbocycles. The zero-order valence-corrected chi connectivity index (χ0v) is 11.9. The van der Waals surface area contributed by atoms with E-state index in [2.05, 4.69) is 25.2 Å². The van der Waals surface area contributed by atoms with Gasteiger partial charge >= 0.3 is 0 Å². The highest BCUT2D eigenvalue weighted by molar-refractivity contribution is 6.30. The molecule has 1 radical (unpaired) electrons. The first kappa shape index (κ1) is 15.0. The van der Waals surface area contributed by atoms with Gasteiger partial charge in [0.15, 0.2) is 0 Å². The largest absolute Gasteiger partial charge is 0.326 e. The molecule has 0 aromatic heterocycles. The third kappa shape index (κ3) is 5.54. The highest BCUT2D eigenvalue weighted by atomic mass is 35.5. The molecule has 1 N–H and O–H groups in total. The van der Waals surface area contributed by atoms with E-state index in [0.717, 1.165) is 18.5 Å². The SMILES string of the molecule is CCCCC(CC)CC(=O)Nc1c[c]c(Cl)cc1. The van der Waals surface area contributed by atoms with Crippen molar-refractivity contribution in [1.29, 1.82) is 0 Å². The summed E-state index contributed by atoms with van der Waals surface area (Å²) in [5.41, 5.74) is 0.759. The summed E-state index contributed by atoms with van der Waals surface area (Å²) in [5, 5.41) is 3.44. The van der Waals surface area contributed by atoms with Crippen LogP contribution in [0.5, 0.6) is 0 Å². The van der Waals surface area contributed by atoms with E-state index in [4.69, 9.17) is 11.6 Å². The van der Waals surface area contributed by atoms with Crippen molar-refractivity contribution in [3.8, 4) is 0 Å². The second-order valence-corrected chi connectivity index (χ2v) is 5.00. The normalized spacial score (nSPS) is 12.2. The minimum Gasteiger partial charge on any atom is -0.326 e. The minimum atomic E-state index is 0.0775. The van der Waals surface area contributed by atoms with Crippen LogP contribution in [0.15, 0.2) is 18.2 Å². The third-order valence-corrected chi connectivity index (χ3v) is 3.31. The predicted octanol–water partition coefficient (Wildman–Crippen LogP) is 4.69. The summed E-state index contributed by atoms with van der Waals surface area (Å²) >= 11 is 5.74. The van der Waals surface area contributed by atoms with Crippen LogP contribution < -0.4 is 5.32 Å². The topological polar surface area (TPSA) is 29.1 Å². The molecule has 0 aliphatic carbocycles. The van der Waals surface area contributed by atoms with E-state index in [-0.39, 0.29) is 5.91 Å². The fraction of sp³-hybridized carbons (Fsp3) is 0.533. The molecule has 0 saturated carbocycles. The van der Waals surface area contributed by atoms with Crippen LogP contribution in [0.2, 0.25) is 5.02 Å². The van der Waals surface area contributed by atoms with Gasteiger partial charge in [0.05, 0.1) is 0 Å². The van der Waals surface area contributed by atoms with Gasteiger partial charge in [-0.1, -0.05) is 44.7 Å². The van der Waals surface area contributed by atoms with Crippen molar-refractivity contribution in [2.24, 2.45) is 5.92 Å². The van der Waals surface area contributed by atoms with Gasteiger partial charge in [-0.25, -0.2) is 0 Å². The number of carbonyl (C=O) groups excluding carboxylic acids is 1. The van der Waals surface area contributed by atoms with Crippen LogP contribution in [0.1, 0.15) is 46.0 Å². The highest BCUT2D eigenvalue weighted by Gasteiger charge is 2.11. The van der Waals surface area contributed by atoms with Crippen molar-refractivity contribution in [3.05, 3.63) is 29.3 Å². The molecule has 0 bridgehead atoms. The maximum atomic E-state index is 11.9. The number of hydrogen-bond donors (Lipinski definition) is 1. The molecule has 1 aromatic rings. The Balaban J connectivity index is 2.42. The van der Waals surface area contributed by atoms with E-state index >= 15 is 0 Å². The maximum Gasteiger partial charge on any atom is 0.224 e. The van der Waals surface area contributed by atoms with Gasteiger partial charge in [0.25, 0.3) is 0 Å². The average Bonchev–Trinajstić information content (AvgIpc) is 2.37. The van der Waals surface area contributed by atoms with Gasteiger partial charge in [-0.15, -0.1) is 0 Å². The van der Waals surface area contributed by atoms with Crippen molar-refractivity contribution in [2.45, 2.75) is 46.0 Å². The van der Waals surface area contributed by atoms with Crippen molar-refractivity contribution in [2.75, 3.05) is 5.32 Å². The molecule has 18 heavy (non-hydrogen) atoms. The molecule has 0 spiro atoms. The molecule has 0 heterocycles. The zero-order chi connectivity index (χ0) is 13.4. The number of unbranched alkanes of at least 4 members (excludes halogenated alkanes) is 1. The molecule has 0 saturated heterocycles. The molecule has 1 rings (SSSR count). The second-order valence-electron chi connectivity index (χ2n) is 4.59. The summed E-state index contributed by atoms with van der Waals surface area (Å²) in [5.74, 6) is 0.565. The first-order chi connectivity index (χ1) is 8.65. The number of carbonyl (C=O) groups is 1. The van der Waals surface area contributed by atoms with E-state index in [0.29, 0.717) is 17.4 Å². The monoisotopic (exact) mass is 266 g/mol. The van der Waals surface area contributed by atoms with Crippen molar-refractivity contribution >= 4 is 23.2 Å². The van der Waals surface area contributed by atoms with E-state index in [1.807, 2.05) is 0 Å². The Bertz CT molecular complexity index is 361. The number of anilines is 1. The standard InChI is InChI=1S/C15H21ClNO/c1-3-5-6-12(4-2)11-15(18)17-14-9-7-13(16)8-10-14/h7,9-10,12H,3-6,11H2,1-2H3,(H,17,18). The van der Waals surface area contributed by atoms with Crippen molar-refractivity contribution in [3.63, 3.8) is 0 Å².